The van der Waals surface area contributed by atoms with E-state index in [2.05, 4.69) is 110 Å². The van der Waals surface area contributed by atoms with Crippen LogP contribution in [0.5, 0.6) is 0 Å². The molecule has 1 aliphatic rings. The Morgan fingerprint density at radius 1 is 0.481 bits per heavy atom. The van der Waals surface area contributed by atoms with Gasteiger partial charge in [0.1, 0.15) is 0 Å². The van der Waals surface area contributed by atoms with E-state index in [1.54, 1.807) is 0 Å². The van der Waals surface area contributed by atoms with Crippen molar-refractivity contribution in [3.63, 3.8) is 0 Å². The lowest BCUT2D eigenvalue weighted by Gasteiger charge is -2.16. The first-order valence-electron chi connectivity index (χ1n) is 9.27. The van der Waals surface area contributed by atoms with Crippen LogP contribution in [0, 0.1) is 0 Å². The molecule has 0 nitrogen and oxygen atoms in total. The van der Waals surface area contributed by atoms with Crippen molar-refractivity contribution in [1.29, 1.82) is 0 Å². The summed E-state index contributed by atoms with van der Waals surface area (Å²) in [5.41, 5.74) is 10.9. The van der Waals surface area contributed by atoms with E-state index in [0.29, 0.717) is 0 Å². The van der Waals surface area contributed by atoms with Crippen molar-refractivity contribution in [2.45, 2.75) is 6.42 Å². The molecule has 0 aromatic heterocycles. The Morgan fingerprint density at radius 3 is 1.74 bits per heavy atom. The molecule has 0 bridgehead atoms. The molecule has 5 rings (SSSR count). The van der Waals surface area contributed by atoms with Crippen LogP contribution in [0.1, 0.15) is 11.1 Å². The highest BCUT2D eigenvalue weighted by Crippen LogP contribution is 2.45. The molecule has 1 aliphatic carbocycles. The molecule has 0 spiro atoms. The molecule has 0 unspecified atom stereocenters. The zero-order valence-corrected chi connectivity index (χ0v) is 15.4. The fourth-order valence-corrected chi connectivity index (χ4v) is 4.00. The summed E-state index contributed by atoms with van der Waals surface area (Å²) in [6.07, 6.45) is 1.01. The molecule has 0 amide bonds. The van der Waals surface area contributed by atoms with Crippen molar-refractivity contribution in [3.05, 3.63) is 121 Å². The van der Waals surface area contributed by atoms with Gasteiger partial charge in [-0.25, -0.2) is 0 Å². The first-order valence-corrected chi connectivity index (χ1v) is 9.27. The minimum atomic E-state index is 1.01. The lowest BCUT2D eigenvalue weighted by Crippen LogP contribution is -1.92. The molecular formula is C27H22. The molecular weight excluding hydrogens is 324 g/mol. The van der Waals surface area contributed by atoms with Crippen molar-refractivity contribution in [2.24, 2.45) is 0 Å². The first-order chi connectivity index (χ1) is 13.4. The minimum Gasteiger partial charge on any atom is -0.106 e. The van der Waals surface area contributed by atoms with Crippen LogP contribution in [0.3, 0.4) is 0 Å². The summed E-state index contributed by atoms with van der Waals surface area (Å²) in [6, 6.07) is 34.9. The number of benzene rings is 4. The number of rotatable bonds is 2. The molecule has 0 N–H and O–H groups in total. The van der Waals surface area contributed by atoms with E-state index in [1.807, 2.05) is 0 Å². The Labute approximate surface area is 161 Å². The highest BCUT2D eigenvalue weighted by Gasteiger charge is 2.23. The number of fused-ring (bicyclic) bond motifs is 3. The largest absolute Gasteiger partial charge is 0.106 e. The van der Waals surface area contributed by atoms with Crippen molar-refractivity contribution in [2.75, 3.05) is 0 Å². The summed E-state index contributed by atoms with van der Waals surface area (Å²) in [5, 5.41) is 0. The van der Waals surface area contributed by atoms with Gasteiger partial charge < -0.3 is 0 Å². The summed E-state index contributed by atoms with van der Waals surface area (Å²) < 4.78 is 0. The Bertz CT molecular complexity index is 1060. The second-order valence-corrected chi connectivity index (χ2v) is 6.58. The van der Waals surface area contributed by atoms with E-state index in [0.717, 1.165) is 6.42 Å². The van der Waals surface area contributed by atoms with E-state index in [9.17, 15) is 0 Å². The summed E-state index contributed by atoms with van der Waals surface area (Å²) in [6.45, 7) is 6.00. The lowest BCUT2D eigenvalue weighted by atomic mass is 9.88. The van der Waals surface area contributed by atoms with Crippen LogP contribution >= 0.6 is 0 Å². The molecule has 0 heterocycles. The Morgan fingerprint density at radius 2 is 1.04 bits per heavy atom. The SMILES string of the molecule is C=C.c1ccc(-c2ccc3c(c2-c2ccccc2)Cc2ccccc2-3)cc1. The van der Waals surface area contributed by atoms with Gasteiger partial charge in [0.25, 0.3) is 0 Å². The maximum absolute atomic E-state index is 3.00. The fraction of sp³-hybridized carbons (Fsp3) is 0.0370. The molecule has 0 aliphatic heterocycles. The van der Waals surface area contributed by atoms with Gasteiger partial charge in [-0.05, 0) is 50.9 Å². The van der Waals surface area contributed by atoms with E-state index in [4.69, 9.17) is 0 Å². The molecule has 130 valence electrons. The standard InChI is InChI=1S/C25H18.C2H4/c1-3-9-18(10-4-1)22-15-16-23-21-14-8-7-13-20(21)17-24(23)25(22)19-11-5-2-6-12-19;1-2/h1-16H,17H2;1-2H2. The molecule has 0 radical (unpaired) electrons. The van der Waals surface area contributed by atoms with Gasteiger partial charge in [0, 0.05) is 0 Å². The van der Waals surface area contributed by atoms with Crippen LogP contribution in [0.15, 0.2) is 110 Å². The van der Waals surface area contributed by atoms with E-state index >= 15 is 0 Å². The predicted octanol–water partition coefficient (Wildman–Crippen LogP) is 7.39. The smallest absolute Gasteiger partial charge is 0.000706 e. The van der Waals surface area contributed by atoms with Crippen molar-refractivity contribution < 1.29 is 0 Å². The van der Waals surface area contributed by atoms with E-state index in [-0.39, 0.29) is 0 Å². The summed E-state index contributed by atoms with van der Waals surface area (Å²) in [5.74, 6) is 0. The van der Waals surface area contributed by atoms with Crippen molar-refractivity contribution >= 4 is 0 Å². The third kappa shape index (κ3) is 3.00. The average molecular weight is 346 g/mol. The van der Waals surface area contributed by atoms with Crippen molar-refractivity contribution in [1.82, 2.24) is 0 Å². The predicted molar refractivity (Wildman–Crippen MR) is 117 cm³/mol. The second-order valence-electron chi connectivity index (χ2n) is 6.58. The topological polar surface area (TPSA) is 0 Å². The minimum absolute atomic E-state index is 1.01. The molecule has 4 aromatic rings. The Balaban J connectivity index is 0.000000872. The number of hydrogen-bond donors (Lipinski definition) is 0. The maximum Gasteiger partial charge on any atom is -0.000706 e. The van der Waals surface area contributed by atoms with Gasteiger partial charge in [-0.1, -0.05) is 97.1 Å². The van der Waals surface area contributed by atoms with Gasteiger partial charge in [0.15, 0.2) is 0 Å². The molecule has 0 heteroatoms. The normalized spacial score (nSPS) is 11.1. The maximum atomic E-state index is 3.00. The third-order valence-corrected chi connectivity index (χ3v) is 5.13. The molecule has 0 saturated carbocycles. The third-order valence-electron chi connectivity index (χ3n) is 5.13. The molecule has 0 fully saturated rings. The van der Waals surface area contributed by atoms with Gasteiger partial charge in [0.05, 0.1) is 0 Å². The average Bonchev–Trinajstić information content (AvgIpc) is 3.14. The Kier molecular flexibility index (Phi) is 4.72. The Hall–Kier alpha value is -3.38. The highest BCUT2D eigenvalue weighted by molar-refractivity contribution is 5.93. The molecule has 0 atom stereocenters. The zero-order chi connectivity index (χ0) is 18.6. The zero-order valence-electron chi connectivity index (χ0n) is 15.4. The highest BCUT2D eigenvalue weighted by atomic mass is 14.3. The fourth-order valence-electron chi connectivity index (χ4n) is 4.00. The molecule has 4 aromatic carbocycles. The van der Waals surface area contributed by atoms with Crippen LogP contribution in [0.4, 0.5) is 0 Å². The van der Waals surface area contributed by atoms with Crippen LogP contribution in [-0.4, -0.2) is 0 Å². The van der Waals surface area contributed by atoms with Crippen molar-refractivity contribution in [3.8, 4) is 33.4 Å². The van der Waals surface area contributed by atoms with Crippen LogP contribution in [0.25, 0.3) is 33.4 Å². The van der Waals surface area contributed by atoms with E-state index < -0.39 is 0 Å². The van der Waals surface area contributed by atoms with Gasteiger partial charge >= 0.3 is 0 Å². The molecule has 0 saturated heterocycles. The van der Waals surface area contributed by atoms with Gasteiger partial charge in [-0.3, -0.25) is 0 Å². The van der Waals surface area contributed by atoms with Gasteiger partial charge in [-0.15, -0.1) is 13.2 Å². The van der Waals surface area contributed by atoms with Gasteiger partial charge in [-0.2, -0.15) is 0 Å². The quantitative estimate of drug-likeness (QED) is 0.292. The van der Waals surface area contributed by atoms with E-state index in [1.165, 1.54) is 44.5 Å². The van der Waals surface area contributed by atoms with Gasteiger partial charge in [0.2, 0.25) is 0 Å². The first kappa shape index (κ1) is 17.1. The monoisotopic (exact) mass is 346 g/mol. The summed E-state index contributed by atoms with van der Waals surface area (Å²) in [4.78, 5) is 0. The molecule has 27 heavy (non-hydrogen) atoms. The van der Waals surface area contributed by atoms with Crippen LogP contribution in [-0.2, 0) is 6.42 Å². The summed E-state index contributed by atoms with van der Waals surface area (Å²) in [7, 11) is 0. The lowest BCUT2D eigenvalue weighted by molar-refractivity contribution is 1.26. The van der Waals surface area contributed by atoms with Crippen LogP contribution in [0.2, 0.25) is 0 Å². The van der Waals surface area contributed by atoms with Crippen LogP contribution < -0.4 is 0 Å². The summed E-state index contributed by atoms with van der Waals surface area (Å²) >= 11 is 0. The number of hydrogen-bond acceptors (Lipinski definition) is 0. The second kappa shape index (κ2) is 7.47.